The van der Waals surface area contributed by atoms with E-state index in [1.807, 2.05) is 0 Å². The van der Waals surface area contributed by atoms with E-state index in [1.165, 1.54) is 44.2 Å². The topological polar surface area (TPSA) is 76.4 Å². The van der Waals surface area contributed by atoms with Gasteiger partial charge in [0, 0.05) is 6.54 Å². The SMILES string of the molecule is O=Cc1ccc(S(=O)(=O)NCCC2CCCCC2)o1. The van der Waals surface area contributed by atoms with Crippen molar-refractivity contribution in [3.05, 3.63) is 17.9 Å². The molecule has 0 unspecified atom stereocenters. The normalized spacial score (nSPS) is 17.5. The zero-order valence-electron chi connectivity index (χ0n) is 10.8. The van der Waals surface area contributed by atoms with Crippen LogP contribution in [-0.4, -0.2) is 21.2 Å². The lowest BCUT2D eigenvalue weighted by Crippen LogP contribution is -2.26. The van der Waals surface area contributed by atoms with Gasteiger partial charge in [-0.25, -0.2) is 13.1 Å². The number of carbonyl (C=O) groups excluding carboxylic acids is 1. The van der Waals surface area contributed by atoms with Crippen LogP contribution in [0, 0.1) is 5.92 Å². The molecule has 1 saturated carbocycles. The van der Waals surface area contributed by atoms with Gasteiger partial charge in [-0.2, -0.15) is 0 Å². The molecular weight excluding hydrogens is 266 g/mol. The molecule has 6 heteroatoms. The quantitative estimate of drug-likeness (QED) is 0.814. The summed E-state index contributed by atoms with van der Waals surface area (Å²) in [5, 5.41) is -0.196. The van der Waals surface area contributed by atoms with Gasteiger partial charge < -0.3 is 4.42 Å². The first-order chi connectivity index (χ1) is 9.12. The van der Waals surface area contributed by atoms with Gasteiger partial charge in [0.1, 0.15) is 0 Å². The number of carbonyl (C=O) groups is 1. The van der Waals surface area contributed by atoms with Gasteiger partial charge >= 0.3 is 0 Å². The van der Waals surface area contributed by atoms with Crippen LogP contribution in [0.4, 0.5) is 0 Å². The minimum absolute atomic E-state index is 0.0210. The number of hydrogen-bond acceptors (Lipinski definition) is 4. The summed E-state index contributed by atoms with van der Waals surface area (Å²) in [6.07, 6.45) is 7.52. The minimum atomic E-state index is -3.63. The Balaban J connectivity index is 1.85. The summed E-state index contributed by atoms with van der Waals surface area (Å²) in [4.78, 5) is 10.5. The molecule has 1 fully saturated rings. The third-order valence-corrected chi connectivity index (χ3v) is 4.89. The summed E-state index contributed by atoms with van der Waals surface area (Å²) in [7, 11) is -3.63. The summed E-state index contributed by atoms with van der Waals surface area (Å²) >= 11 is 0. The van der Waals surface area contributed by atoms with E-state index in [4.69, 9.17) is 4.42 Å². The van der Waals surface area contributed by atoms with E-state index in [0.29, 0.717) is 18.7 Å². The van der Waals surface area contributed by atoms with Crippen molar-refractivity contribution in [2.75, 3.05) is 6.54 Å². The van der Waals surface area contributed by atoms with Crippen molar-refractivity contribution in [3.63, 3.8) is 0 Å². The summed E-state index contributed by atoms with van der Waals surface area (Å²) in [6, 6.07) is 2.65. The van der Waals surface area contributed by atoms with Gasteiger partial charge in [-0.05, 0) is 24.5 Å². The van der Waals surface area contributed by atoms with E-state index in [0.717, 1.165) is 6.42 Å². The molecule has 1 aromatic heterocycles. The second kappa shape index (κ2) is 6.34. The maximum Gasteiger partial charge on any atom is 0.273 e. The van der Waals surface area contributed by atoms with E-state index < -0.39 is 10.0 Å². The van der Waals surface area contributed by atoms with Crippen molar-refractivity contribution >= 4 is 16.3 Å². The molecule has 0 aliphatic heterocycles. The number of hydrogen-bond donors (Lipinski definition) is 1. The Hall–Kier alpha value is -1.14. The van der Waals surface area contributed by atoms with Gasteiger partial charge in [0.2, 0.25) is 5.09 Å². The van der Waals surface area contributed by atoms with Crippen molar-refractivity contribution in [1.29, 1.82) is 0 Å². The molecule has 0 saturated heterocycles. The van der Waals surface area contributed by atoms with Crippen molar-refractivity contribution in [2.24, 2.45) is 5.92 Å². The number of nitrogens with one attached hydrogen (secondary N) is 1. The van der Waals surface area contributed by atoms with Crippen LogP contribution in [0.5, 0.6) is 0 Å². The Morgan fingerprint density at radius 1 is 1.26 bits per heavy atom. The monoisotopic (exact) mass is 285 g/mol. The summed E-state index contributed by atoms with van der Waals surface area (Å²) in [5.74, 6) is 0.645. The fraction of sp³-hybridized carbons (Fsp3) is 0.615. The van der Waals surface area contributed by atoms with Crippen LogP contribution in [0.1, 0.15) is 49.1 Å². The standard InChI is InChI=1S/C13H19NO4S/c15-10-12-6-7-13(18-12)19(16,17)14-9-8-11-4-2-1-3-5-11/h6-7,10-11,14H,1-5,8-9H2. The Bertz CT molecular complexity index is 515. The molecule has 5 nitrogen and oxygen atoms in total. The second-order valence-electron chi connectivity index (χ2n) is 4.97. The van der Waals surface area contributed by atoms with Crippen LogP contribution in [0.15, 0.2) is 21.6 Å². The van der Waals surface area contributed by atoms with Gasteiger partial charge in [-0.1, -0.05) is 32.1 Å². The average Bonchev–Trinajstić information content (AvgIpc) is 2.89. The average molecular weight is 285 g/mol. The molecule has 0 aromatic carbocycles. The number of furan rings is 1. The molecule has 1 aliphatic carbocycles. The highest BCUT2D eigenvalue weighted by atomic mass is 32.2. The first kappa shape index (κ1) is 14.3. The van der Waals surface area contributed by atoms with Crippen LogP contribution < -0.4 is 4.72 Å². The van der Waals surface area contributed by atoms with E-state index in [2.05, 4.69) is 4.72 Å². The second-order valence-corrected chi connectivity index (χ2v) is 6.66. The molecule has 0 radical (unpaired) electrons. The van der Waals surface area contributed by atoms with Crippen molar-refractivity contribution in [3.8, 4) is 0 Å². The highest BCUT2D eigenvalue weighted by Gasteiger charge is 2.19. The third kappa shape index (κ3) is 3.91. The Kier molecular flexibility index (Phi) is 4.76. The van der Waals surface area contributed by atoms with Gasteiger partial charge in [0.15, 0.2) is 12.0 Å². The van der Waals surface area contributed by atoms with E-state index >= 15 is 0 Å². The van der Waals surface area contributed by atoms with Gasteiger partial charge in [0.05, 0.1) is 0 Å². The number of sulfonamides is 1. The first-order valence-electron chi connectivity index (χ1n) is 6.66. The van der Waals surface area contributed by atoms with Crippen LogP contribution in [0.2, 0.25) is 0 Å². The Morgan fingerprint density at radius 2 is 2.00 bits per heavy atom. The predicted molar refractivity (Wildman–Crippen MR) is 70.5 cm³/mol. The molecule has 0 atom stereocenters. The van der Waals surface area contributed by atoms with Gasteiger partial charge in [0.25, 0.3) is 10.0 Å². The highest BCUT2D eigenvalue weighted by Crippen LogP contribution is 2.25. The van der Waals surface area contributed by atoms with Crippen LogP contribution in [0.3, 0.4) is 0 Å². The molecular formula is C13H19NO4S. The lowest BCUT2D eigenvalue weighted by atomic mass is 9.87. The molecule has 0 amide bonds. The third-order valence-electron chi connectivity index (χ3n) is 3.55. The number of aldehydes is 1. The van der Waals surface area contributed by atoms with E-state index in [1.54, 1.807) is 0 Å². The van der Waals surface area contributed by atoms with Gasteiger partial charge in [-0.15, -0.1) is 0 Å². The van der Waals surface area contributed by atoms with Crippen LogP contribution in [0.25, 0.3) is 0 Å². The fourth-order valence-electron chi connectivity index (χ4n) is 2.49. The molecule has 1 heterocycles. The van der Waals surface area contributed by atoms with Crippen LogP contribution >= 0.6 is 0 Å². The molecule has 106 valence electrons. The smallest absolute Gasteiger partial charge is 0.273 e. The zero-order valence-corrected chi connectivity index (χ0v) is 11.6. The molecule has 1 N–H and O–H groups in total. The molecule has 1 aromatic rings. The zero-order chi connectivity index (χ0) is 13.7. The summed E-state index contributed by atoms with van der Waals surface area (Å²) in [6.45, 7) is 0.421. The lowest BCUT2D eigenvalue weighted by Gasteiger charge is -2.21. The molecule has 0 bridgehead atoms. The predicted octanol–water partition coefficient (Wildman–Crippen LogP) is 2.34. The summed E-state index contributed by atoms with van der Waals surface area (Å²) < 4.78 is 31.2. The fourth-order valence-corrected chi connectivity index (χ4v) is 3.47. The van der Waals surface area contributed by atoms with Crippen molar-refractivity contribution < 1.29 is 17.6 Å². The largest absolute Gasteiger partial charge is 0.440 e. The van der Waals surface area contributed by atoms with Crippen LogP contribution in [-0.2, 0) is 10.0 Å². The first-order valence-corrected chi connectivity index (χ1v) is 8.15. The molecule has 0 spiro atoms. The maximum absolute atomic E-state index is 11.9. The minimum Gasteiger partial charge on any atom is -0.440 e. The maximum atomic E-state index is 11.9. The van der Waals surface area contributed by atoms with Gasteiger partial charge in [-0.3, -0.25) is 4.79 Å². The Morgan fingerprint density at radius 3 is 2.63 bits per heavy atom. The highest BCUT2D eigenvalue weighted by molar-refractivity contribution is 7.89. The molecule has 19 heavy (non-hydrogen) atoms. The lowest BCUT2D eigenvalue weighted by molar-refractivity contribution is 0.109. The van der Waals surface area contributed by atoms with E-state index in [-0.39, 0.29) is 10.9 Å². The summed E-state index contributed by atoms with van der Waals surface area (Å²) in [5.41, 5.74) is 0. The van der Waals surface area contributed by atoms with Crippen molar-refractivity contribution in [2.45, 2.75) is 43.6 Å². The Labute approximate surface area is 113 Å². The van der Waals surface area contributed by atoms with E-state index in [9.17, 15) is 13.2 Å². The number of rotatable bonds is 6. The van der Waals surface area contributed by atoms with Crippen molar-refractivity contribution in [1.82, 2.24) is 4.72 Å². The molecule has 2 rings (SSSR count). The molecule has 1 aliphatic rings.